The van der Waals surface area contributed by atoms with Crippen LogP contribution < -0.4 is 0 Å². The molecule has 4 heterocycles. The van der Waals surface area contributed by atoms with Crippen molar-refractivity contribution in [2.75, 3.05) is 26.4 Å². The molecule has 0 radical (unpaired) electrons. The number of hydrogen-bond acceptors (Lipinski definition) is 24. The van der Waals surface area contributed by atoms with Crippen molar-refractivity contribution < 1.29 is 119 Å². The highest BCUT2D eigenvalue weighted by atomic mass is 16.8. The van der Waals surface area contributed by atoms with Crippen LogP contribution in [0.25, 0.3) is 0 Å². The number of esters is 2. The second-order valence-electron chi connectivity index (χ2n) is 16.5. The van der Waals surface area contributed by atoms with Crippen LogP contribution in [0.4, 0.5) is 0 Å². The first kappa shape index (κ1) is 56.9. The molecule has 4 aliphatic rings. The van der Waals surface area contributed by atoms with Gasteiger partial charge in [-0.3, -0.25) is 0 Å². The maximum atomic E-state index is 13.4. The standard InChI is InChI=1S/C44H64O24/c1-19(11-7-13-21(3)39(59)67-43-37(58)33(54)29(50)25(17-47)64-43)9-5-6-10-20(2)12-8-14-22(4)40(60)68-44-38(66-42-36(57)32(53)28(49)24(16-46)63-42)34(55)30(51)26(65-44)18-61-41-35(56)31(52)27(48)23(15-45)62-41/h5-14,23-38,41-58H,15-18H2,1-4H3. The molecule has 0 aromatic heterocycles. The Balaban J connectivity index is 1.38. The first-order valence-electron chi connectivity index (χ1n) is 21.5. The zero-order valence-corrected chi connectivity index (χ0v) is 37.5. The summed E-state index contributed by atoms with van der Waals surface area (Å²) in [5.74, 6) is -1.89. The van der Waals surface area contributed by atoms with Crippen LogP contribution in [0.1, 0.15) is 27.7 Å². The number of hydrogen-bond donors (Lipinski definition) is 14. The minimum absolute atomic E-state index is 0.00806. The van der Waals surface area contributed by atoms with Gasteiger partial charge in [-0.05, 0) is 27.7 Å². The largest absolute Gasteiger partial charge is 0.429 e. The smallest absolute Gasteiger partial charge is 0.336 e. The van der Waals surface area contributed by atoms with E-state index in [9.17, 15) is 81.1 Å². The van der Waals surface area contributed by atoms with E-state index in [0.717, 1.165) is 11.1 Å². The predicted octanol–water partition coefficient (Wildman–Crippen LogP) is -5.23. The van der Waals surface area contributed by atoms with Gasteiger partial charge in [-0.2, -0.15) is 0 Å². The number of aliphatic hydroxyl groups is 14. The van der Waals surface area contributed by atoms with Crippen molar-refractivity contribution in [2.24, 2.45) is 0 Å². The predicted molar refractivity (Wildman–Crippen MR) is 227 cm³/mol. The Bertz CT molecular complexity index is 1850. The lowest BCUT2D eigenvalue weighted by molar-refractivity contribution is -0.367. The van der Waals surface area contributed by atoms with Crippen molar-refractivity contribution in [3.8, 4) is 0 Å². The average molecular weight is 977 g/mol. The van der Waals surface area contributed by atoms with Gasteiger partial charge in [0.2, 0.25) is 12.6 Å². The van der Waals surface area contributed by atoms with Gasteiger partial charge < -0.3 is 109 Å². The van der Waals surface area contributed by atoms with E-state index >= 15 is 0 Å². The Morgan fingerprint density at radius 3 is 1.25 bits per heavy atom. The molecule has 4 aliphatic heterocycles. The molecule has 24 heteroatoms. The first-order valence-corrected chi connectivity index (χ1v) is 21.5. The summed E-state index contributed by atoms with van der Waals surface area (Å²) in [6.45, 7) is 3.42. The zero-order valence-electron chi connectivity index (χ0n) is 37.5. The second kappa shape index (κ2) is 26.5. The Morgan fingerprint density at radius 2 is 0.794 bits per heavy atom. The molecule has 0 aromatic carbocycles. The van der Waals surface area contributed by atoms with Crippen LogP contribution in [-0.4, -0.2) is 233 Å². The molecule has 0 spiro atoms. The first-order chi connectivity index (χ1) is 32.1. The maximum absolute atomic E-state index is 13.4. The molecule has 0 aromatic rings. The van der Waals surface area contributed by atoms with E-state index < -0.39 is 161 Å². The van der Waals surface area contributed by atoms with Gasteiger partial charge in [0.1, 0.15) is 91.6 Å². The minimum atomic E-state index is -2.01. The molecular weight excluding hydrogens is 912 g/mol. The quantitative estimate of drug-likeness (QED) is 0.0347. The highest BCUT2D eigenvalue weighted by molar-refractivity contribution is 5.88. The number of carbonyl (C=O) groups excluding carboxylic acids is 2. The number of ether oxygens (including phenoxy) is 8. The molecule has 0 amide bonds. The third-order valence-electron chi connectivity index (χ3n) is 11.2. The lowest BCUT2D eigenvalue weighted by Crippen LogP contribution is -2.65. The SMILES string of the molecule is CC(C=CC=C(C)C(=O)OC1OC(CO)C(O)C(O)C1O)=CC=CC=C(C)C=CC=C(C)C(=O)OC1OC(COC2OC(CO)C(O)C(O)C2O)C(O)C(O)C1OC1OC(CO)C(O)C(O)C1O. The van der Waals surface area contributed by atoms with E-state index in [2.05, 4.69) is 0 Å². The van der Waals surface area contributed by atoms with Crippen LogP contribution >= 0.6 is 0 Å². The van der Waals surface area contributed by atoms with Gasteiger partial charge in [0.05, 0.1) is 26.4 Å². The lowest BCUT2D eigenvalue weighted by atomic mass is 9.97. The summed E-state index contributed by atoms with van der Waals surface area (Å²) in [4.78, 5) is 25.9. The fourth-order valence-electron chi connectivity index (χ4n) is 6.92. The van der Waals surface area contributed by atoms with Gasteiger partial charge in [0, 0.05) is 11.1 Å². The zero-order chi connectivity index (χ0) is 50.6. The van der Waals surface area contributed by atoms with E-state index in [1.165, 1.54) is 32.1 Å². The Morgan fingerprint density at radius 1 is 0.426 bits per heavy atom. The number of rotatable bonds is 18. The molecule has 0 saturated carbocycles. The molecule has 4 rings (SSSR count). The summed E-state index contributed by atoms with van der Waals surface area (Å²) < 4.78 is 43.4. The van der Waals surface area contributed by atoms with Crippen molar-refractivity contribution in [1.82, 2.24) is 0 Å². The van der Waals surface area contributed by atoms with Crippen molar-refractivity contribution in [3.05, 3.63) is 83.1 Å². The van der Waals surface area contributed by atoms with Crippen molar-refractivity contribution >= 4 is 11.9 Å². The van der Waals surface area contributed by atoms with E-state index in [4.69, 9.17) is 37.9 Å². The fourth-order valence-corrected chi connectivity index (χ4v) is 6.92. The summed E-state index contributed by atoms with van der Waals surface area (Å²) in [5, 5.41) is 142. The van der Waals surface area contributed by atoms with Gasteiger partial charge >= 0.3 is 11.9 Å². The van der Waals surface area contributed by atoms with Crippen molar-refractivity contribution in [1.29, 1.82) is 0 Å². The Labute approximate surface area is 390 Å². The van der Waals surface area contributed by atoms with Gasteiger partial charge in [0.25, 0.3) is 0 Å². The van der Waals surface area contributed by atoms with E-state index in [1.807, 2.05) is 0 Å². The third-order valence-corrected chi connectivity index (χ3v) is 11.2. The van der Waals surface area contributed by atoms with E-state index in [0.29, 0.717) is 0 Å². The highest BCUT2D eigenvalue weighted by Gasteiger charge is 2.53. The highest BCUT2D eigenvalue weighted by Crippen LogP contribution is 2.32. The molecule has 0 bridgehead atoms. The van der Waals surface area contributed by atoms with Gasteiger partial charge in [-0.25, -0.2) is 9.59 Å². The van der Waals surface area contributed by atoms with Gasteiger partial charge in [0.15, 0.2) is 18.7 Å². The van der Waals surface area contributed by atoms with Crippen molar-refractivity contribution in [3.63, 3.8) is 0 Å². The molecular formula is C44H64O24. The minimum Gasteiger partial charge on any atom is -0.429 e. The van der Waals surface area contributed by atoms with Crippen LogP contribution in [0, 0.1) is 0 Å². The number of allylic oxidation sites excluding steroid dienone is 12. The van der Waals surface area contributed by atoms with Gasteiger partial charge in [-0.1, -0.05) is 71.9 Å². The molecule has 4 fully saturated rings. The van der Waals surface area contributed by atoms with Crippen molar-refractivity contribution in [2.45, 2.75) is 151 Å². The van der Waals surface area contributed by atoms with Crippen LogP contribution in [-0.2, 0) is 47.5 Å². The van der Waals surface area contributed by atoms with Crippen LogP contribution in [0.3, 0.4) is 0 Å². The molecule has 20 unspecified atom stereocenters. The Kier molecular flexibility index (Phi) is 22.2. The monoisotopic (exact) mass is 976 g/mol. The second-order valence-corrected chi connectivity index (χ2v) is 16.5. The number of aliphatic hydroxyl groups excluding tert-OH is 14. The van der Waals surface area contributed by atoms with E-state index in [-0.39, 0.29) is 11.1 Å². The van der Waals surface area contributed by atoms with Crippen LogP contribution in [0.15, 0.2) is 83.1 Å². The molecule has 14 N–H and O–H groups in total. The molecule has 68 heavy (non-hydrogen) atoms. The normalized spacial score (nSPS) is 40.3. The molecule has 24 nitrogen and oxygen atoms in total. The fraction of sp³-hybridized carbons (Fsp3) is 0.636. The average Bonchev–Trinajstić information content (AvgIpc) is 3.31. The van der Waals surface area contributed by atoms with E-state index in [1.54, 1.807) is 56.4 Å². The summed E-state index contributed by atoms with van der Waals surface area (Å²) >= 11 is 0. The Hall–Kier alpha value is -3.68. The molecule has 0 aliphatic carbocycles. The maximum Gasteiger partial charge on any atom is 0.336 e. The summed E-state index contributed by atoms with van der Waals surface area (Å²) in [5.41, 5.74) is 1.64. The summed E-state index contributed by atoms with van der Waals surface area (Å²) in [7, 11) is 0. The van der Waals surface area contributed by atoms with Crippen LogP contribution in [0.5, 0.6) is 0 Å². The lowest BCUT2D eigenvalue weighted by Gasteiger charge is -2.46. The van der Waals surface area contributed by atoms with Crippen LogP contribution in [0.2, 0.25) is 0 Å². The summed E-state index contributed by atoms with van der Waals surface area (Å²) in [6, 6.07) is 0. The molecule has 384 valence electrons. The topological polar surface area (TPSA) is 391 Å². The molecule has 4 saturated heterocycles. The third kappa shape index (κ3) is 14.7. The summed E-state index contributed by atoms with van der Waals surface area (Å²) in [6.07, 6.45) is -18.1. The van der Waals surface area contributed by atoms with Gasteiger partial charge in [-0.15, -0.1) is 0 Å². The molecule has 20 atom stereocenters. The number of carbonyl (C=O) groups is 2.